The summed E-state index contributed by atoms with van der Waals surface area (Å²) in [5, 5.41) is 7.71. The van der Waals surface area contributed by atoms with Crippen molar-refractivity contribution in [2.45, 2.75) is 26.4 Å². The summed E-state index contributed by atoms with van der Waals surface area (Å²) in [6.07, 6.45) is 1.91. The Morgan fingerprint density at radius 2 is 2.29 bits per heavy atom. The van der Waals surface area contributed by atoms with E-state index in [1.54, 1.807) is 11.3 Å². The first-order valence-corrected chi connectivity index (χ1v) is 6.73. The third-order valence-electron chi connectivity index (χ3n) is 2.96. The highest BCUT2D eigenvalue weighted by molar-refractivity contribution is 7.16. The van der Waals surface area contributed by atoms with Gasteiger partial charge in [0.05, 0.1) is 10.5 Å². The molecule has 0 aliphatic heterocycles. The number of nitrogens with one attached hydrogen (secondary N) is 1. The largest absolute Gasteiger partial charge is 0.305 e. The molecule has 3 nitrogen and oxygen atoms in total. The van der Waals surface area contributed by atoms with E-state index in [4.69, 9.17) is 11.6 Å². The average Bonchev–Trinajstić information content (AvgIpc) is 2.86. The van der Waals surface area contributed by atoms with E-state index in [1.807, 2.05) is 24.0 Å². The molecular weight excluding hydrogens is 254 g/mol. The molecule has 0 radical (unpaired) electrons. The molecule has 1 unspecified atom stereocenters. The quantitative estimate of drug-likeness (QED) is 0.923. The van der Waals surface area contributed by atoms with Crippen LogP contribution < -0.4 is 5.32 Å². The van der Waals surface area contributed by atoms with Crippen molar-refractivity contribution < 1.29 is 0 Å². The van der Waals surface area contributed by atoms with E-state index in [0.29, 0.717) is 6.04 Å². The summed E-state index contributed by atoms with van der Waals surface area (Å²) in [4.78, 5) is 1.26. The highest BCUT2D eigenvalue weighted by Crippen LogP contribution is 2.26. The Hall–Kier alpha value is -0.840. The molecule has 17 heavy (non-hydrogen) atoms. The van der Waals surface area contributed by atoms with Crippen molar-refractivity contribution in [2.24, 2.45) is 7.05 Å². The van der Waals surface area contributed by atoms with Gasteiger partial charge in [0.1, 0.15) is 0 Å². The number of hydrogen-bond donors (Lipinski definition) is 1. The van der Waals surface area contributed by atoms with Crippen molar-refractivity contribution in [1.82, 2.24) is 15.1 Å². The van der Waals surface area contributed by atoms with Crippen molar-refractivity contribution in [1.29, 1.82) is 0 Å². The zero-order valence-electron chi connectivity index (χ0n) is 10.2. The van der Waals surface area contributed by atoms with Crippen LogP contribution in [0.4, 0.5) is 0 Å². The van der Waals surface area contributed by atoms with E-state index < -0.39 is 0 Å². The average molecular weight is 270 g/mol. The van der Waals surface area contributed by atoms with Gasteiger partial charge in [-0.15, -0.1) is 11.3 Å². The Labute approximate surface area is 110 Å². The molecule has 0 spiro atoms. The van der Waals surface area contributed by atoms with E-state index in [2.05, 4.69) is 30.3 Å². The second kappa shape index (κ2) is 5.21. The molecule has 5 heteroatoms. The van der Waals surface area contributed by atoms with Gasteiger partial charge in [-0.2, -0.15) is 5.10 Å². The summed E-state index contributed by atoms with van der Waals surface area (Å²) in [6.45, 7) is 5.06. The Morgan fingerprint density at radius 3 is 2.82 bits per heavy atom. The van der Waals surface area contributed by atoms with Crippen LogP contribution in [0.2, 0.25) is 4.34 Å². The third kappa shape index (κ3) is 2.89. The van der Waals surface area contributed by atoms with Crippen molar-refractivity contribution in [3.8, 4) is 0 Å². The molecule has 0 bridgehead atoms. The summed E-state index contributed by atoms with van der Waals surface area (Å²) < 4.78 is 2.73. The predicted molar refractivity (Wildman–Crippen MR) is 72.5 cm³/mol. The van der Waals surface area contributed by atoms with Crippen LogP contribution in [0.1, 0.15) is 29.1 Å². The van der Waals surface area contributed by atoms with Crippen LogP contribution in [0.3, 0.4) is 0 Å². The van der Waals surface area contributed by atoms with E-state index in [9.17, 15) is 0 Å². The van der Waals surface area contributed by atoms with Crippen LogP contribution in [-0.2, 0) is 13.6 Å². The molecule has 2 heterocycles. The lowest BCUT2D eigenvalue weighted by molar-refractivity contribution is 0.580. The van der Waals surface area contributed by atoms with Gasteiger partial charge in [-0.05, 0) is 26.0 Å². The van der Waals surface area contributed by atoms with Gasteiger partial charge in [-0.1, -0.05) is 11.6 Å². The molecule has 1 atom stereocenters. The van der Waals surface area contributed by atoms with Crippen LogP contribution in [0, 0.1) is 6.92 Å². The fourth-order valence-corrected chi connectivity index (χ4v) is 2.73. The van der Waals surface area contributed by atoms with Gasteiger partial charge in [0.25, 0.3) is 0 Å². The maximum Gasteiger partial charge on any atom is 0.0931 e. The van der Waals surface area contributed by atoms with Gasteiger partial charge in [0.15, 0.2) is 0 Å². The SMILES string of the molecule is Cc1c(CNC(C)c2ccc(Cl)s2)cnn1C. The molecule has 0 amide bonds. The molecule has 0 saturated heterocycles. The topological polar surface area (TPSA) is 29.9 Å². The molecule has 0 aliphatic rings. The van der Waals surface area contributed by atoms with Gasteiger partial charge < -0.3 is 5.32 Å². The second-order valence-corrected chi connectivity index (χ2v) is 5.87. The first kappa shape index (κ1) is 12.6. The summed E-state index contributed by atoms with van der Waals surface area (Å²) in [6, 6.07) is 4.32. The molecule has 2 aromatic rings. The minimum Gasteiger partial charge on any atom is -0.305 e. The van der Waals surface area contributed by atoms with Crippen LogP contribution >= 0.6 is 22.9 Å². The molecular formula is C12H16ClN3S. The van der Waals surface area contributed by atoms with Crippen molar-refractivity contribution >= 4 is 22.9 Å². The van der Waals surface area contributed by atoms with Crippen LogP contribution in [0.15, 0.2) is 18.3 Å². The molecule has 92 valence electrons. The van der Waals surface area contributed by atoms with Gasteiger partial charge in [-0.25, -0.2) is 0 Å². The Morgan fingerprint density at radius 1 is 1.53 bits per heavy atom. The monoisotopic (exact) mass is 269 g/mol. The predicted octanol–water partition coefficient (Wildman–Crippen LogP) is 3.29. The van der Waals surface area contributed by atoms with Crippen molar-refractivity contribution in [2.75, 3.05) is 0 Å². The zero-order valence-corrected chi connectivity index (χ0v) is 11.8. The standard InChI is InChI=1S/C12H16ClN3S/c1-8(11-4-5-12(13)17-11)14-6-10-7-15-16(3)9(10)2/h4-5,7-8,14H,6H2,1-3H3. The third-order valence-corrected chi connectivity index (χ3v) is 4.37. The van der Waals surface area contributed by atoms with E-state index in [0.717, 1.165) is 10.9 Å². The number of hydrogen-bond acceptors (Lipinski definition) is 3. The van der Waals surface area contributed by atoms with Crippen molar-refractivity contribution in [3.63, 3.8) is 0 Å². The highest BCUT2D eigenvalue weighted by atomic mass is 35.5. The first-order valence-electron chi connectivity index (χ1n) is 5.54. The highest BCUT2D eigenvalue weighted by Gasteiger charge is 2.09. The Bertz CT molecular complexity index is 504. The fraction of sp³-hybridized carbons (Fsp3) is 0.417. The molecule has 2 aromatic heterocycles. The molecule has 0 saturated carbocycles. The maximum atomic E-state index is 5.93. The number of halogens is 1. The Balaban J connectivity index is 1.96. The van der Waals surface area contributed by atoms with E-state index >= 15 is 0 Å². The van der Waals surface area contributed by atoms with Crippen LogP contribution in [-0.4, -0.2) is 9.78 Å². The lowest BCUT2D eigenvalue weighted by atomic mass is 10.2. The second-order valence-electron chi connectivity index (χ2n) is 4.12. The lowest BCUT2D eigenvalue weighted by Crippen LogP contribution is -2.17. The van der Waals surface area contributed by atoms with E-state index in [-0.39, 0.29) is 0 Å². The Kier molecular flexibility index (Phi) is 3.86. The molecule has 2 rings (SSSR count). The van der Waals surface area contributed by atoms with Crippen molar-refractivity contribution in [3.05, 3.63) is 38.8 Å². The van der Waals surface area contributed by atoms with Gasteiger partial charge >= 0.3 is 0 Å². The van der Waals surface area contributed by atoms with Gasteiger partial charge in [0.2, 0.25) is 0 Å². The lowest BCUT2D eigenvalue weighted by Gasteiger charge is -2.11. The summed E-state index contributed by atoms with van der Waals surface area (Å²) in [5.74, 6) is 0. The molecule has 0 aliphatic carbocycles. The zero-order chi connectivity index (χ0) is 12.4. The molecule has 0 aromatic carbocycles. The minimum atomic E-state index is 0.312. The molecule has 0 fully saturated rings. The normalized spacial score (nSPS) is 12.9. The van der Waals surface area contributed by atoms with Gasteiger partial charge in [0, 0.05) is 35.8 Å². The number of thiophene rings is 1. The minimum absolute atomic E-state index is 0.312. The number of aryl methyl sites for hydroxylation is 1. The number of nitrogens with zero attached hydrogens (tertiary/aromatic N) is 2. The van der Waals surface area contributed by atoms with Crippen LogP contribution in [0.5, 0.6) is 0 Å². The summed E-state index contributed by atoms with van der Waals surface area (Å²) in [7, 11) is 1.96. The van der Waals surface area contributed by atoms with E-state index in [1.165, 1.54) is 16.1 Å². The number of aromatic nitrogens is 2. The molecule has 1 N–H and O–H groups in total. The smallest absolute Gasteiger partial charge is 0.0931 e. The first-order chi connectivity index (χ1) is 8.08. The van der Waals surface area contributed by atoms with Crippen LogP contribution in [0.25, 0.3) is 0 Å². The number of rotatable bonds is 4. The summed E-state index contributed by atoms with van der Waals surface area (Å²) >= 11 is 7.55. The fourth-order valence-electron chi connectivity index (χ4n) is 1.64. The summed E-state index contributed by atoms with van der Waals surface area (Å²) in [5.41, 5.74) is 2.44. The maximum absolute atomic E-state index is 5.93. The van der Waals surface area contributed by atoms with Gasteiger partial charge in [-0.3, -0.25) is 4.68 Å².